The molecule has 0 bridgehead atoms. The third-order valence-electron chi connectivity index (χ3n) is 1.56. The minimum absolute atomic E-state index is 0.0835. The minimum Gasteiger partial charge on any atom is -0.395 e. The maximum atomic E-state index is 12.5. The Morgan fingerprint density at radius 3 is 2.71 bits per heavy atom. The highest BCUT2D eigenvalue weighted by molar-refractivity contribution is 5.56. The van der Waals surface area contributed by atoms with E-state index < -0.39 is 6.29 Å². The average Bonchev–Trinajstić information content (AvgIpc) is 2.38. The largest absolute Gasteiger partial charge is 0.586 e. The molecule has 0 N–H and O–H groups in total. The summed E-state index contributed by atoms with van der Waals surface area (Å²) in [5, 5.41) is 0. The van der Waals surface area contributed by atoms with Gasteiger partial charge >= 0.3 is 6.29 Å². The van der Waals surface area contributed by atoms with Crippen molar-refractivity contribution in [2.45, 2.75) is 6.29 Å². The second-order valence-electron chi connectivity index (χ2n) is 2.50. The fourth-order valence-corrected chi connectivity index (χ4v) is 1.06. The predicted molar refractivity (Wildman–Crippen MR) is 40.4 cm³/mol. The van der Waals surface area contributed by atoms with Crippen molar-refractivity contribution in [2.24, 2.45) is 4.99 Å². The Labute approximate surface area is 76.8 Å². The van der Waals surface area contributed by atoms with E-state index in [2.05, 4.69) is 14.5 Å². The zero-order valence-electron chi connectivity index (χ0n) is 6.66. The molecule has 1 aliphatic heterocycles. The lowest BCUT2D eigenvalue weighted by atomic mass is 10.3. The van der Waals surface area contributed by atoms with Gasteiger partial charge in [0.2, 0.25) is 6.08 Å². The number of hydrogen-bond acceptors (Lipinski definition) is 4. The highest BCUT2D eigenvalue weighted by Crippen LogP contribution is 2.42. The standard InChI is InChI=1S/C8H3F2NO3/c9-8(10)13-6-2-1-5(11-4-12)3-7(6)14-8/h1-3H. The van der Waals surface area contributed by atoms with Crippen LogP contribution < -0.4 is 9.47 Å². The van der Waals surface area contributed by atoms with Crippen LogP contribution in [0.15, 0.2) is 23.2 Å². The van der Waals surface area contributed by atoms with E-state index in [0.717, 1.165) is 0 Å². The average molecular weight is 199 g/mol. The number of alkyl halides is 2. The second kappa shape index (κ2) is 2.78. The Hall–Kier alpha value is -1.94. The van der Waals surface area contributed by atoms with Crippen molar-refractivity contribution in [2.75, 3.05) is 0 Å². The number of ether oxygens (including phenoxy) is 2. The molecule has 0 saturated heterocycles. The Morgan fingerprint density at radius 1 is 1.29 bits per heavy atom. The van der Waals surface area contributed by atoms with Gasteiger partial charge in [-0.1, -0.05) is 0 Å². The number of isocyanates is 1. The molecule has 0 unspecified atom stereocenters. The molecule has 0 radical (unpaired) electrons. The molecule has 4 nitrogen and oxygen atoms in total. The number of carbonyl (C=O) groups excluding carboxylic acids is 1. The highest BCUT2D eigenvalue weighted by atomic mass is 19.3. The van der Waals surface area contributed by atoms with E-state index in [1.807, 2.05) is 0 Å². The number of aliphatic imine (C=N–C) groups is 1. The topological polar surface area (TPSA) is 47.9 Å². The van der Waals surface area contributed by atoms with Crippen LogP contribution in [0.4, 0.5) is 14.5 Å². The van der Waals surface area contributed by atoms with Crippen molar-refractivity contribution in [1.82, 2.24) is 0 Å². The van der Waals surface area contributed by atoms with Crippen molar-refractivity contribution in [3.8, 4) is 11.5 Å². The SMILES string of the molecule is O=C=Nc1ccc2c(c1)OC(F)(F)O2. The maximum absolute atomic E-state index is 12.5. The Balaban J connectivity index is 2.40. The van der Waals surface area contributed by atoms with Crippen LogP contribution in [0.3, 0.4) is 0 Å². The number of rotatable bonds is 1. The van der Waals surface area contributed by atoms with Crippen LogP contribution in [0.25, 0.3) is 0 Å². The van der Waals surface area contributed by atoms with E-state index in [1.165, 1.54) is 24.3 Å². The van der Waals surface area contributed by atoms with Gasteiger partial charge < -0.3 is 9.47 Å². The van der Waals surface area contributed by atoms with E-state index in [1.54, 1.807) is 0 Å². The summed E-state index contributed by atoms with van der Waals surface area (Å²) in [6.07, 6.45) is -2.36. The fourth-order valence-electron chi connectivity index (χ4n) is 1.06. The van der Waals surface area contributed by atoms with Crippen LogP contribution in [0.2, 0.25) is 0 Å². The molecular formula is C8H3F2NO3. The molecule has 1 aromatic rings. The summed E-state index contributed by atoms with van der Waals surface area (Å²) in [6, 6.07) is 3.75. The van der Waals surface area contributed by atoms with Crippen LogP contribution in [-0.2, 0) is 4.79 Å². The summed E-state index contributed by atoms with van der Waals surface area (Å²) in [6.45, 7) is 0. The summed E-state index contributed by atoms with van der Waals surface area (Å²) >= 11 is 0. The Kier molecular flexibility index (Phi) is 1.72. The van der Waals surface area contributed by atoms with Crippen molar-refractivity contribution in [3.63, 3.8) is 0 Å². The van der Waals surface area contributed by atoms with Gasteiger partial charge in [-0.3, -0.25) is 0 Å². The van der Waals surface area contributed by atoms with Gasteiger partial charge in [-0.2, -0.15) is 4.99 Å². The highest BCUT2D eigenvalue weighted by Gasteiger charge is 2.43. The molecule has 0 aliphatic carbocycles. The zero-order valence-corrected chi connectivity index (χ0v) is 6.66. The van der Waals surface area contributed by atoms with Gasteiger partial charge in [-0.05, 0) is 12.1 Å². The predicted octanol–water partition coefficient (Wildman–Crippen LogP) is 1.98. The molecule has 1 aliphatic rings. The number of halogens is 2. The molecule has 6 heteroatoms. The molecule has 0 aromatic heterocycles. The molecule has 0 fully saturated rings. The summed E-state index contributed by atoms with van der Waals surface area (Å²) in [7, 11) is 0. The van der Waals surface area contributed by atoms with Crippen LogP contribution in [-0.4, -0.2) is 12.4 Å². The lowest BCUT2D eigenvalue weighted by Crippen LogP contribution is -2.25. The van der Waals surface area contributed by atoms with Crippen molar-refractivity contribution in [1.29, 1.82) is 0 Å². The third-order valence-corrected chi connectivity index (χ3v) is 1.56. The lowest BCUT2D eigenvalue weighted by Gasteiger charge is -2.04. The van der Waals surface area contributed by atoms with Gasteiger partial charge in [0.05, 0.1) is 5.69 Å². The molecule has 0 saturated carbocycles. The van der Waals surface area contributed by atoms with Gasteiger partial charge in [0.25, 0.3) is 0 Å². The van der Waals surface area contributed by atoms with Crippen LogP contribution in [0.5, 0.6) is 11.5 Å². The van der Waals surface area contributed by atoms with Crippen LogP contribution >= 0.6 is 0 Å². The van der Waals surface area contributed by atoms with E-state index in [0.29, 0.717) is 0 Å². The number of fused-ring (bicyclic) bond motifs is 1. The molecule has 0 atom stereocenters. The van der Waals surface area contributed by atoms with Gasteiger partial charge in [-0.25, -0.2) is 4.79 Å². The first-order chi connectivity index (χ1) is 6.61. The maximum Gasteiger partial charge on any atom is 0.586 e. The second-order valence-corrected chi connectivity index (χ2v) is 2.50. The summed E-state index contributed by atoms with van der Waals surface area (Å²) in [5.41, 5.74) is 0.181. The Bertz CT molecular complexity index is 427. The molecule has 0 amide bonds. The molecule has 1 aromatic carbocycles. The lowest BCUT2D eigenvalue weighted by molar-refractivity contribution is -0.286. The normalized spacial score (nSPS) is 16.1. The van der Waals surface area contributed by atoms with E-state index in [4.69, 9.17) is 0 Å². The number of benzene rings is 1. The fraction of sp³-hybridized carbons (Fsp3) is 0.125. The van der Waals surface area contributed by atoms with Crippen LogP contribution in [0, 0.1) is 0 Å². The first-order valence-corrected chi connectivity index (χ1v) is 3.58. The molecule has 1 heterocycles. The monoisotopic (exact) mass is 199 g/mol. The van der Waals surface area contributed by atoms with Crippen molar-refractivity contribution >= 4 is 11.8 Å². The number of hydrogen-bond donors (Lipinski definition) is 0. The first kappa shape index (κ1) is 8.65. The van der Waals surface area contributed by atoms with Crippen LogP contribution in [0.1, 0.15) is 0 Å². The zero-order chi connectivity index (χ0) is 10.2. The summed E-state index contributed by atoms with van der Waals surface area (Å²) in [4.78, 5) is 13.1. The van der Waals surface area contributed by atoms with E-state index >= 15 is 0 Å². The molecule has 0 spiro atoms. The smallest absolute Gasteiger partial charge is 0.395 e. The van der Waals surface area contributed by atoms with Gasteiger partial charge in [0.1, 0.15) is 0 Å². The van der Waals surface area contributed by atoms with E-state index in [-0.39, 0.29) is 17.2 Å². The molecule has 14 heavy (non-hydrogen) atoms. The quantitative estimate of drug-likeness (QED) is 0.513. The minimum atomic E-state index is -3.65. The molecular weight excluding hydrogens is 196 g/mol. The van der Waals surface area contributed by atoms with E-state index in [9.17, 15) is 13.6 Å². The summed E-state index contributed by atoms with van der Waals surface area (Å²) in [5.74, 6) is -0.230. The van der Waals surface area contributed by atoms with Gasteiger partial charge in [0, 0.05) is 6.07 Å². The van der Waals surface area contributed by atoms with Crippen molar-refractivity contribution in [3.05, 3.63) is 18.2 Å². The number of nitrogens with zero attached hydrogens (tertiary/aromatic N) is 1. The van der Waals surface area contributed by atoms with Gasteiger partial charge in [-0.15, -0.1) is 8.78 Å². The summed E-state index contributed by atoms with van der Waals surface area (Å²) < 4.78 is 33.3. The third kappa shape index (κ3) is 1.43. The first-order valence-electron chi connectivity index (χ1n) is 3.58. The molecule has 2 rings (SSSR count). The molecule has 72 valence electrons. The van der Waals surface area contributed by atoms with Crippen molar-refractivity contribution < 1.29 is 23.0 Å². The van der Waals surface area contributed by atoms with Gasteiger partial charge in [0.15, 0.2) is 11.5 Å². The Morgan fingerprint density at radius 2 is 2.00 bits per heavy atom.